The van der Waals surface area contributed by atoms with Gasteiger partial charge in [-0.1, -0.05) is 156 Å². The predicted molar refractivity (Wildman–Crippen MR) is 433 cm³/mol. The van der Waals surface area contributed by atoms with Crippen molar-refractivity contribution < 1.29 is 57.7 Å². The van der Waals surface area contributed by atoms with Gasteiger partial charge in [0.25, 0.3) is 0 Å². The van der Waals surface area contributed by atoms with E-state index in [-0.39, 0.29) is 92.6 Å². The molecule has 9 rings (SSSR count). The van der Waals surface area contributed by atoms with Crippen molar-refractivity contribution >= 4 is 125 Å². The molecule has 31 heteroatoms. The molecule has 5 heterocycles. The summed E-state index contributed by atoms with van der Waals surface area (Å²) >= 11 is 5.87. The molecular weight excluding hydrogens is 1560 g/mol. The van der Waals surface area contributed by atoms with Crippen LogP contribution in [0.1, 0.15) is 131 Å². The van der Waals surface area contributed by atoms with Crippen molar-refractivity contribution in [2.45, 2.75) is 173 Å². The van der Waals surface area contributed by atoms with Crippen LogP contribution in [0.2, 0.25) is 6.82 Å². The lowest BCUT2D eigenvalue weighted by atomic mass is 9.95. The molecule has 0 saturated carbocycles. The minimum Gasteiger partial charge on any atom is -0.481 e. The van der Waals surface area contributed by atoms with E-state index in [0.717, 1.165) is 47.7 Å². The molecule has 7 N–H and O–H groups in total. The van der Waals surface area contributed by atoms with Gasteiger partial charge < -0.3 is 65.9 Å². The lowest BCUT2D eigenvalue weighted by molar-refractivity contribution is -0.140. The lowest BCUT2D eigenvalue weighted by Gasteiger charge is -2.30. The molecule has 4 aromatic carbocycles. The van der Waals surface area contributed by atoms with E-state index < -0.39 is 66.6 Å². The number of nitrogens with zero attached hydrogens (tertiary/aromatic N) is 7. The van der Waals surface area contributed by atoms with Crippen molar-refractivity contribution in [3.8, 4) is 0 Å². The third-order valence-corrected chi connectivity index (χ3v) is 20.9. The number of carbonyl (C=O) groups excluding carboxylic acids is 7. The first-order valence-electron chi connectivity index (χ1n) is 35.6. The Morgan fingerprint density at radius 2 is 0.852 bits per heavy atom. The Balaban J connectivity index is 0.000000329. The Hall–Kier alpha value is -8.89. The minimum absolute atomic E-state index is 0. The molecule has 0 unspecified atom stereocenters. The van der Waals surface area contributed by atoms with E-state index >= 15 is 0 Å². The van der Waals surface area contributed by atoms with Crippen LogP contribution in [0.5, 0.6) is 0 Å². The first kappa shape index (κ1) is 88.0. The summed E-state index contributed by atoms with van der Waals surface area (Å²) in [6, 6.07) is 34.1. The number of carbonyl (C=O) groups is 8. The number of thiazole rings is 4. The van der Waals surface area contributed by atoms with Gasteiger partial charge in [0.2, 0.25) is 17.7 Å². The standard InChI is InChI=1S/C40H51N7O6S2.C36H44N6O6S2.CH3B.HI/c1-28(2)38-43-33(26-54-38)24-46(3)39(50)45-35(22-36(48)47-16-18-52-19-17-47)37(49)42-31(20-29-10-6-4-7-11-29)14-15-32(21-30-12-8-5-9-13-30)44-40(51)53-25-34-23-41-27-55-34;1-24(2)34-39-29(22-49-34)20-42(3)35(46)41-31(18-32(43)44)33(45)38-27(16-25-10-6-4-7-11-25)14-15-28(17-26-12-8-5-9-13-26)40-36(47)48-21-30-19-37-23-50-30;1-2;/h4-13,23,26-28,31-32,35H,14-22,24-25H2,1-3H3,(H,42,49)(H,44,51)(H,45,50);4-13,19,22-24,27-28,31H,14-18,20-21H2,1-3H3,(H,38,45)(H,40,47)(H,41,46)(H,43,44);1H3;1H/t31-,32-,35+;27-,28-,31+;;/m11../s1. The van der Waals surface area contributed by atoms with Crippen LogP contribution >= 0.6 is 69.3 Å². The number of carboxylic acid groups (broad SMARTS) is 1. The van der Waals surface area contributed by atoms with E-state index in [0.29, 0.717) is 83.4 Å². The van der Waals surface area contributed by atoms with E-state index in [9.17, 15) is 43.5 Å². The highest BCUT2D eigenvalue weighted by Gasteiger charge is 2.32. The zero-order chi connectivity index (χ0) is 76.9. The van der Waals surface area contributed by atoms with Gasteiger partial charge in [0.1, 0.15) is 25.3 Å². The number of alkyl carbamates (subject to hydrolysis) is 2. The van der Waals surface area contributed by atoms with E-state index in [1.807, 2.05) is 146 Å². The summed E-state index contributed by atoms with van der Waals surface area (Å²) in [5.74, 6) is -2.01. The largest absolute Gasteiger partial charge is 0.481 e. The fourth-order valence-corrected chi connectivity index (χ4v) is 14.1. The van der Waals surface area contributed by atoms with Crippen molar-refractivity contribution in [1.29, 1.82) is 0 Å². The summed E-state index contributed by atoms with van der Waals surface area (Å²) in [5.41, 5.74) is 8.88. The fourth-order valence-electron chi connectivity index (χ4n) is 11.4. The van der Waals surface area contributed by atoms with Crippen molar-refractivity contribution in [2.75, 3.05) is 40.4 Å². The van der Waals surface area contributed by atoms with Gasteiger partial charge in [-0.2, -0.15) is 0 Å². The first-order chi connectivity index (χ1) is 51.7. The van der Waals surface area contributed by atoms with Gasteiger partial charge in [-0.3, -0.25) is 29.1 Å². The maximum atomic E-state index is 14.2. The van der Waals surface area contributed by atoms with Crippen LogP contribution in [0, 0.1) is 0 Å². The maximum Gasteiger partial charge on any atom is 0.407 e. The first-order valence-corrected chi connectivity index (χ1v) is 39.1. The summed E-state index contributed by atoms with van der Waals surface area (Å²) in [4.78, 5) is 129. The molecule has 1 saturated heterocycles. The molecule has 108 heavy (non-hydrogen) atoms. The summed E-state index contributed by atoms with van der Waals surface area (Å²) in [6.45, 7) is 12.1. The third kappa shape index (κ3) is 32.1. The number of halogens is 1. The second kappa shape index (κ2) is 47.8. The van der Waals surface area contributed by atoms with Crippen LogP contribution in [0.4, 0.5) is 19.2 Å². The van der Waals surface area contributed by atoms with Crippen LogP contribution in [0.15, 0.2) is 156 Å². The SMILES string of the molecule is CC(C)c1nc(CN(C)C(=O)N[C@@H](CC(=O)N2CCOCC2)C(=O)N[C@H](CC[C@H](Cc2ccccc2)NC(=O)OCc2cncs2)Cc2ccccc2)cs1.CC(C)c1nc(CN(C)C(=O)N[C@@H](CC(=O)O)C(=O)N[C@H](CC[C@H](Cc2ccccc2)NC(=O)OCc2cncs2)Cc2ccccc2)cs1.I.[B]C. The molecule has 0 aliphatic carbocycles. The molecular formula is C77H99BIN13O12S4. The summed E-state index contributed by atoms with van der Waals surface area (Å²) in [7, 11) is 7.71. The van der Waals surface area contributed by atoms with Gasteiger partial charge in [-0.15, -0.1) is 69.3 Å². The molecule has 0 bridgehead atoms. The fraction of sp³-hybridized carbons (Fsp3) is 0.429. The Labute approximate surface area is 667 Å². The van der Waals surface area contributed by atoms with Gasteiger partial charge in [0, 0.05) is 86.3 Å². The lowest BCUT2D eigenvalue weighted by Crippen LogP contribution is -2.55. The highest BCUT2D eigenvalue weighted by atomic mass is 127. The molecule has 1 fully saturated rings. The predicted octanol–water partition coefficient (Wildman–Crippen LogP) is 12.1. The van der Waals surface area contributed by atoms with Gasteiger partial charge in [-0.05, 0) is 73.6 Å². The van der Waals surface area contributed by atoms with Crippen molar-refractivity contribution in [2.24, 2.45) is 0 Å². The molecule has 25 nitrogen and oxygen atoms in total. The number of hydrogen-bond acceptors (Lipinski definition) is 19. The number of benzene rings is 4. The molecule has 0 spiro atoms. The Kier molecular flexibility index (Phi) is 39.0. The number of urea groups is 2. The Morgan fingerprint density at radius 1 is 0.509 bits per heavy atom. The molecule has 2 radical (unpaired) electrons. The monoisotopic (exact) mass is 1660 g/mol. The number of hydrogen-bond donors (Lipinski definition) is 7. The molecule has 578 valence electrons. The third-order valence-electron chi connectivity index (χ3n) is 17.0. The number of amides is 9. The summed E-state index contributed by atoms with van der Waals surface area (Å²) in [5, 5.41) is 33.0. The van der Waals surface area contributed by atoms with Crippen LogP contribution < -0.4 is 31.9 Å². The number of morpholine rings is 1. The topological polar surface area (TPSA) is 318 Å². The number of carboxylic acids is 1. The van der Waals surface area contributed by atoms with Crippen LogP contribution in [-0.4, -0.2) is 172 Å². The quantitative estimate of drug-likeness (QED) is 0.0142. The van der Waals surface area contributed by atoms with Gasteiger partial charge in [0.15, 0.2) is 0 Å². The second-order valence-corrected chi connectivity index (χ2v) is 30.0. The highest BCUT2D eigenvalue weighted by Crippen LogP contribution is 2.23. The van der Waals surface area contributed by atoms with Crippen LogP contribution in [-0.2, 0) is 85.4 Å². The van der Waals surface area contributed by atoms with E-state index in [1.54, 1.807) is 53.7 Å². The summed E-state index contributed by atoms with van der Waals surface area (Å²) < 4.78 is 16.4. The van der Waals surface area contributed by atoms with Crippen LogP contribution in [0.3, 0.4) is 0 Å². The molecule has 8 aromatic rings. The average Bonchev–Trinajstić information content (AvgIpc) is 1.21. The number of ether oxygens (including phenoxy) is 3. The van der Waals surface area contributed by atoms with Gasteiger partial charge in [0.05, 0.1) is 89.2 Å². The van der Waals surface area contributed by atoms with Crippen LogP contribution in [0.25, 0.3) is 0 Å². The minimum atomic E-state index is -1.32. The highest BCUT2D eigenvalue weighted by molar-refractivity contribution is 14.0. The molecule has 1 aliphatic rings. The summed E-state index contributed by atoms with van der Waals surface area (Å²) in [6.07, 6.45) is 5.39. The number of aliphatic carboxylic acids is 1. The van der Waals surface area contributed by atoms with E-state index in [2.05, 4.69) is 73.5 Å². The number of aromatic nitrogens is 4. The van der Waals surface area contributed by atoms with Gasteiger partial charge in [-0.25, -0.2) is 29.1 Å². The average molecular weight is 1660 g/mol. The number of rotatable bonds is 36. The van der Waals surface area contributed by atoms with E-state index in [4.69, 9.17) is 14.2 Å². The zero-order valence-electron chi connectivity index (χ0n) is 62.0. The smallest absolute Gasteiger partial charge is 0.407 e. The molecule has 4 aromatic heterocycles. The van der Waals surface area contributed by atoms with E-state index in [1.165, 1.54) is 50.6 Å². The molecule has 1 aliphatic heterocycles. The molecule has 6 atom stereocenters. The Bertz CT molecular complexity index is 3960. The Morgan fingerprint density at radius 3 is 1.17 bits per heavy atom. The normalized spacial score (nSPS) is 13.3. The number of nitrogens with one attached hydrogen (secondary N) is 6. The van der Waals surface area contributed by atoms with Crippen molar-refractivity contribution in [3.63, 3.8) is 0 Å². The molecule has 9 amide bonds. The van der Waals surface area contributed by atoms with Gasteiger partial charge >= 0.3 is 30.2 Å². The zero-order valence-corrected chi connectivity index (χ0v) is 67.6. The maximum absolute atomic E-state index is 14.2. The second-order valence-electron chi connectivity index (χ2n) is 26.3. The van der Waals surface area contributed by atoms with Crippen molar-refractivity contribution in [1.82, 2.24) is 66.5 Å². The van der Waals surface area contributed by atoms with Crippen molar-refractivity contribution in [3.05, 3.63) is 209 Å².